The zero-order valence-corrected chi connectivity index (χ0v) is 21.2. The first-order valence-electron chi connectivity index (χ1n) is 12.9. The first-order chi connectivity index (χ1) is 17.6. The molecular weight excluding hydrogens is 446 g/mol. The molecule has 36 heavy (non-hydrogen) atoms. The number of hydrogen-bond acceptors (Lipinski definition) is 6. The molecule has 0 unspecified atom stereocenters. The van der Waals surface area contributed by atoms with Gasteiger partial charge < -0.3 is 20.3 Å². The molecule has 0 amide bonds. The molecule has 1 heterocycles. The molecule has 0 atom stereocenters. The summed E-state index contributed by atoms with van der Waals surface area (Å²) in [5, 5.41) is 8.36. The SMILES string of the molecule is CN(C)c1nc(N[C@H]2CC[C@@H](CNCc3cccc(Oc4ccccc4)c3)CC2)nc2ccccc12. The van der Waals surface area contributed by atoms with E-state index in [9.17, 15) is 0 Å². The van der Waals surface area contributed by atoms with Crippen LogP contribution >= 0.6 is 0 Å². The minimum Gasteiger partial charge on any atom is -0.457 e. The van der Waals surface area contributed by atoms with Crippen LogP contribution in [0.15, 0.2) is 78.9 Å². The Kier molecular flexibility index (Phi) is 7.62. The van der Waals surface area contributed by atoms with E-state index in [1.807, 2.05) is 62.6 Å². The third kappa shape index (κ3) is 6.13. The first-order valence-corrected chi connectivity index (χ1v) is 12.9. The van der Waals surface area contributed by atoms with Crippen LogP contribution in [0.5, 0.6) is 11.5 Å². The van der Waals surface area contributed by atoms with E-state index in [0.29, 0.717) is 12.0 Å². The van der Waals surface area contributed by atoms with Crippen molar-refractivity contribution in [1.82, 2.24) is 15.3 Å². The number of hydrogen-bond donors (Lipinski definition) is 2. The number of benzene rings is 3. The van der Waals surface area contributed by atoms with Crippen molar-refractivity contribution >= 4 is 22.7 Å². The summed E-state index contributed by atoms with van der Waals surface area (Å²) < 4.78 is 5.97. The molecule has 6 heteroatoms. The number of para-hydroxylation sites is 2. The fraction of sp³-hybridized carbons (Fsp3) is 0.333. The largest absolute Gasteiger partial charge is 0.457 e. The summed E-state index contributed by atoms with van der Waals surface area (Å²) in [7, 11) is 4.06. The van der Waals surface area contributed by atoms with E-state index >= 15 is 0 Å². The monoisotopic (exact) mass is 481 g/mol. The van der Waals surface area contributed by atoms with Gasteiger partial charge >= 0.3 is 0 Å². The van der Waals surface area contributed by atoms with Gasteiger partial charge in [0.05, 0.1) is 5.52 Å². The number of fused-ring (bicyclic) bond motifs is 1. The first kappa shape index (κ1) is 24.1. The normalized spacial score (nSPS) is 17.6. The van der Waals surface area contributed by atoms with Crippen LogP contribution in [-0.2, 0) is 6.54 Å². The van der Waals surface area contributed by atoms with Gasteiger partial charge in [-0.05, 0) is 80.1 Å². The van der Waals surface area contributed by atoms with Crippen molar-refractivity contribution in [3.05, 3.63) is 84.4 Å². The summed E-state index contributed by atoms with van der Waals surface area (Å²) in [5.41, 5.74) is 2.22. The minimum absolute atomic E-state index is 0.421. The molecule has 0 spiro atoms. The van der Waals surface area contributed by atoms with E-state index in [1.165, 1.54) is 18.4 Å². The molecule has 6 nitrogen and oxygen atoms in total. The lowest BCUT2D eigenvalue weighted by molar-refractivity contribution is 0.323. The summed E-state index contributed by atoms with van der Waals surface area (Å²) in [6.45, 7) is 1.89. The number of anilines is 2. The maximum atomic E-state index is 5.97. The summed E-state index contributed by atoms with van der Waals surface area (Å²) in [5.74, 6) is 4.12. The van der Waals surface area contributed by atoms with E-state index in [4.69, 9.17) is 14.7 Å². The molecule has 1 aliphatic rings. The van der Waals surface area contributed by atoms with Crippen LogP contribution < -0.4 is 20.3 Å². The van der Waals surface area contributed by atoms with Gasteiger partial charge in [-0.1, -0.05) is 42.5 Å². The minimum atomic E-state index is 0.421. The predicted octanol–water partition coefficient (Wildman–Crippen LogP) is 6.25. The lowest BCUT2D eigenvalue weighted by atomic mass is 9.86. The van der Waals surface area contributed by atoms with Gasteiger partial charge in [0.15, 0.2) is 0 Å². The second kappa shape index (κ2) is 11.4. The standard InChI is InChI=1S/C30H35N5O/c1-35(2)29-27-13-6-7-14-28(27)33-30(34-29)32-24-17-15-22(16-18-24)20-31-21-23-9-8-12-26(19-23)36-25-10-4-3-5-11-25/h3-14,19,22,24,31H,15-18,20-21H2,1-2H3,(H,32,33,34)/t22-,24+. The van der Waals surface area contributed by atoms with Crippen molar-refractivity contribution in [2.45, 2.75) is 38.3 Å². The van der Waals surface area contributed by atoms with Gasteiger partial charge in [-0.3, -0.25) is 0 Å². The molecule has 5 rings (SSSR count). The molecule has 1 saturated carbocycles. The molecule has 186 valence electrons. The van der Waals surface area contributed by atoms with Crippen LogP contribution in [0, 0.1) is 5.92 Å². The number of rotatable bonds is 9. The molecule has 1 aromatic heterocycles. The van der Waals surface area contributed by atoms with Gasteiger partial charge in [0.25, 0.3) is 0 Å². The number of aromatic nitrogens is 2. The molecular formula is C30H35N5O. The quantitative estimate of drug-likeness (QED) is 0.295. The second-order valence-electron chi connectivity index (χ2n) is 9.84. The maximum absolute atomic E-state index is 5.97. The van der Waals surface area contributed by atoms with Gasteiger partial charge in [0.1, 0.15) is 17.3 Å². The zero-order chi connectivity index (χ0) is 24.7. The third-order valence-corrected chi connectivity index (χ3v) is 6.83. The lowest BCUT2D eigenvalue weighted by Crippen LogP contribution is -2.31. The Labute approximate surface area is 213 Å². The van der Waals surface area contributed by atoms with Crippen LogP contribution in [-0.4, -0.2) is 36.6 Å². The summed E-state index contributed by atoms with van der Waals surface area (Å²) >= 11 is 0. The second-order valence-corrected chi connectivity index (χ2v) is 9.84. The molecule has 3 aromatic carbocycles. The summed E-state index contributed by atoms with van der Waals surface area (Å²) in [6, 6.07) is 26.9. The highest BCUT2D eigenvalue weighted by Crippen LogP contribution is 2.28. The van der Waals surface area contributed by atoms with Crippen molar-refractivity contribution in [2.75, 3.05) is 30.9 Å². The van der Waals surface area contributed by atoms with Gasteiger partial charge in [-0.2, -0.15) is 4.98 Å². The Balaban J connectivity index is 1.09. The van der Waals surface area contributed by atoms with E-state index in [1.54, 1.807) is 0 Å². The fourth-order valence-corrected chi connectivity index (χ4v) is 4.92. The van der Waals surface area contributed by atoms with Crippen LogP contribution in [0.4, 0.5) is 11.8 Å². The topological polar surface area (TPSA) is 62.3 Å². The summed E-state index contributed by atoms with van der Waals surface area (Å²) in [6.07, 6.45) is 4.69. The van der Waals surface area contributed by atoms with Gasteiger partial charge in [0, 0.05) is 32.1 Å². The van der Waals surface area contributed by atoms with Gasteiger partial charge in [0.2, 0.25) is 5.95 Å². The Bertz CT molecular complexity index is 1270. The van der Waals surface area contributed by atoms with E-state index < -0.39 is 0 Å². The van der Waals surface area contributed by atoms with Crippen molar-refractivity contribution in [2.24, 2.45) is 5.92 Å². The maximum Gasteiger partial charge on any atom is 0.225 e. The molecule has 1 aliphatic carbocycles. The van der Waals surface area contributed by atoms with Crippen molar-refractivity contribution in [3.63, 3.8) is 0 Å². The highest BCUT2D eigenvalue weighted by Gasteiger charge is 2.22. The third-order valence-electron chi connectivity index (χ3n) is 6.83. The molecule has 1 fully saturated rings. The van der Waals surface area contributed by atoms with Gasteiger partial charge in [-0.15, -0.1) is 0 Å². The molecule has 2 N–H and O–H groups in total. The predicted molar refractivity (Wildman–Crippen MR) is 148 cm³/mol. The average molecular weight is 482 g/mol. The van der Waals surface area contributed by atoms with E-state index in [2.05, 4.69) is 45.9 Å². The Morgan fingerprint density at radius 3 is 2.39 bits per heavy atom. The van der Waals surface area contributed by atoms with E-state index in [-0.39, 0.29) is 0 Å². The van der Waals surface area contributed by atoms with Crippen LogP contribution in [0.2, 0.25) is 0 Å². The fourth-order valence-electron chi connectivity index (χ4n) is 4.92. The Morgan fingerprint density at radius 1 is 0.833 bits per heavy atom. The van der Waals surface area contributed by atoms with Crippen LogP contribution in [0.3, 0.4) is 0 Å². The van der Waals surface area contributed by atoms with Crippen molar-refractivity contribution in [1.29, 1.82) is 0 Å². The van der Waals surface area contributed by atoms with Crippen LogP contribution in [0.1, 0.15) is 31.2 Å². The van der Waals surface area contributed by atoms with Crippen LogP contribution in [0.25, 0.3) is 10.9 Å². The van der Waals surface area contributed by atoms with E-state index in [0.717, 1.165) is 60.1 Å². The molecule has 0 radical (unpaired) electrons. The highest BCUT2D eigenvalue weighted by molar-refractivity contribution is 5.90. The number of nitrogens with zero attached hydrogens (tertiary/aromatic N) is 3. The van der Waals surface area contributed by atoms with Gasteiger partial charge in [-0.25, -0.2) is 4.98 Å². The lowest BCUT2D eigenvalue weighted by Gasteiger charge is -2.29. The smallest absolute Gasteiger partial charge is 0.225 e. The molecule has 0 saturated heterocycles. The Morgan fingerprint density at radius 2 is 1.58 bits per heavy atom. The highest BCUT2D eigenvalue weighted by atomic mass is 16.5. The molecule has 0 bridgehead atoms. The number of ether oxygens (including phenoxy) is 1. The molecule has 4 aromatic rings. The molecule has 0 aliphatic heterocycles. The zero-order valence-electron chi connectivity index (χ0n) is 21.2. The number of nitrogens with one attached hydrogen (secondary N) is 2. The van der Waals surface area contributed by atoms with Crippen molar-refractivity contribution in [3.8, 4) is 11.5 Å². The summed E-state index contributed by atoms with van der Waals surface area (Å²) in [4.78, 5) is 11.6. The van der Waals surface area contributed by atoms with Crippen molar-refractivity contribution < 1.29 is 4.74 Å². The average Bonchev–Trinajstić information content (AvgIpc) is 2.90. The Hall–Kier alpha value is -3.64.